The van der Waals surface area contributed by atoms with Gasteiger partial charge in [0.1, 0.15) is 11.7 Å². The summed E-state index contributed by atoms with van der Waals surface area (Å²) in [6, 6.07) is 5.42. The van der Waals surface area contributed by atoms with Crippen molar-refractivity contribution in [2.45, 2.75) is 58.3 Å². The van der Waals surface area contributed by atoms with Gasteiger partial charge in [0.05, 0.1) is 17.2 Å². The number of carboxylic acids is 1. The highest BCUT2D eigenvalue weighted by Crippen LogP contribution is 2.45. The second kappa shape index (κ2) is 11.0. The Morgan fingerprint density at radius 2 is 1.95 bits per heavy atom. The van der Waals surface area contributed by atoms with E-state index in [0.29, 0.717) is 39.7 Å². The van der Waals surface area contributed by atoms with Crippen LogP contribution in [0.2, 0.25) is 15.1 Å². The van der Waals surface area contributed by atoms with Gasteiger partial charge < -0.3 is 20.2 Å². The number of likely N-dealkylation sites (tertiary alicyclic amines) is 1. The molecule has 2 aliphatic heterocycles. The van der Waals surface area contributed by atoms with E-state index in [-0.39, 0.29) is 16.8 Å². The topological polar surface area (TPSA) is 81.6 Å². The Balaban J connectivity index is 1.23. The smallest absolute Gasteiger partial charge is 0.309 e. The molecular weight excluding hydrogens is 552 g/mol. The van der Waals surface area contributed by atoms with Gasteiger partial charge in [0.25, 0.3) is 0 Å². The van der Waals surface area contributed by atoms with Crippen LogP contribution in [0.15, 0.2) is 18.2 Å². The Morgan fingerprint density at radius 1 is 1.21 bits per heavy atom. The number of piperidine rings is 1. The van der Waals surface area contributed by atoms with E-state index in [0.717, 1.165) is 51.0 Å². The summed E-state index contributed by atoms with van der Waals surface area (Å²) in [7, 11) is 0. The van der Waals surface area contributed by atoms with Crippen LogP contribution in [0.3, 0.4) is 0 Å². The Morgan fingerprint density at radius 3 is 2.61 bits per heavy atom. The fourth-order valence-corrected chi connectivity index (χ4v) is 6.85. The Labute approximate surface area is 237 Å². The van der Waals surface area contributed by atoms with Crippen LogP contribution in [-0.4, -0.2) is 58.2 Å². The predicted molar refractivity (Wildman–Crippen MR) is 149 cm³/mol. The van der Waals surface area contributed by atoms with Crippen molar-refractivity contribution in [1.82, 2.24) is 14.9 Å². The fourth-order valence-electron chi connectivity index (χ4n) is 6.09. The molecule has 7 nitrogen and oxygen atoms in total. The molecule has 1 saturated carbocycles. The summed E-state index contributed by atoms with van der Waals surface area (Å²) in [5.74, 6) is 1.21. The minimum atomic E-state index is -0.787. The maximum absolute atomic E-state index is 13.8. The monoisotopic (exact) mass is 583 g/mol. The molecule has 2 saturated heterocycles. The number of aliphatic carboxylic acids is 1. The molecule has 2 N–H and O–H groups in total. The Hall–Kier alpha value is -1.87. The van der Waals surface area contributed by atoms with E-state index < -0.39 is 18.1 Å². The van der Waals surface area contributed by atoms with Crippen molar-refractivity contribution < 1.29 is 14.3 Å². The normalized spacial score (nSPS) is 26.9. The lowest BCUT2D eigenvalue weighted by Gasteiger charge is -2.52. The number of carbonyl (C=O) groups is 1. The molecule has 1 unspecified atom stereocenters. The molecule has 1 aromatic carbocycles. The zero-order valence-corrected chi connectivity index (χ0v) is 23.8. The van der Waals surface area contributed by atoms with Gasteiger partial charge in [-0.2, -0.15) is 4.98 Å². The van der Waals surface area contributed by atoms with Crippen molar-refractivity contribution in [3.05, 3.63) is 44.5 Å². The van der Waals surface area contributed by atoms with Gasteiger partial charge in [-0.15, -0.1) is 0 Å². The molecule has 1 aliphatic carbocycles. The number of benzene rings is 1. The van der Waals surface area contributed by atoms with Gasteiger partial charge >= 0.3 is 5.97 Å². The second-order valence-corrected chi connectivity index (χ2v) is 12.5. The molecular formula is C27H33Cl3FN5O2. The minimum Gasteiger partial charge on any atom is -0.481 e. The molecule has 206 valence electrons. The first kappa shape index (κ1) is 27.7. The highest BCUT2D eigenvalue weighted by Gasteiger charge is 2.49. The number of nitrogens with zero attached hydrogens (tertiary/aromatic N) is 4. The third-order valence-corrected chi connectivity index (χ3v) is 9.53. The molecule has 3 fully saturated rings. The molecule has 0 radical (unpaired) electrons. The van der Waals surface area contributed by atoms with Crippen LogP contribution in [0.25, 0.3) is 0 Å². The molecule has 5 rings (SSSR count). The lowest BCUT2D eigenvalue weighted by molar-refractivity contribution is -0.158. The lowest BCUT2D eigenvalue weighted by Crippen LogP contribution is -2.58. The van der Waals surface area contributed by atoms with Crippen molar-refractivity contribution >= 4 is 52.5 Å². The van der Waals surface area contributed by atoms with E-state index in [1.54, 1.807) is 12.1 Å². The number of rotatable bonds is 8. The molecule has 0 spiro atoms. The van der Waals surface area contributed by atoms with E-state index in [1.165, 1.54) is 6.42 Å². The van der Waals surface area contributed by atoms with E-state index in [4.69, 9.17) is 34.8 Å². The first-order chi connectivity index (χ1) is 18.1. The molecule has 0 amide bonds. The highest BCUT2D eigenvalue weighted by atomic mass is 35.5. The fraction of sp³-hybridized carbons (Fsp3) is 0.593. The standard InChI is InChI=1S/C27H33Cl3FN5O2/c1-15(20-6-5-18(28)8-21(20)29)32-24-23(30)22(11-31)33-26(34-24)36-13-17(14-36)16-4-3-7-35(12-16)19-9-27(2,10-19)25(37)38/h5-6,8,15-17,19H,3-4,7,9-14H2,1-2H3,(H,37,38)(H,32,33,34)/t15?,16-,19?,27?/m0/s1. The van der Waals surface area contributed by atoms with Crippen LogP contribution >= 0.6 is 34.8 Å². The number of hydrogen-bond donors (Lipinski definition) is 2. The predicted octanol–water partition coefficient (Wildman–Crippen LogP) is 6.48. The van der Waals surface area contributed by atoms with Gasteiger partial charge in [-0.1, -0.05) is 40.9 Å². The average Bonchev–Trinajstić information content (AvgIpc) is 2.82. The molecule has 3 aliphatic rings. The number of alkyl halides is 1. The maximum Gasteiger partial charge on any atom is 0.309 e. The second-order valence-electron chi connectivity index (χ2n) is 11.3. The van der Waals surface area contributed by atoms with Crippen LogP contribution < -0.4 is 10.2 Å². The average molecular weight is 585 g/mol. The van der Waals surface area contributed by atoms with Crippen LogP contribution in [0.5, 0.6) is 0 Å². The molecule has 2 atom stereocenters. The van der Waals surface area contributed by atoms with E-state index in [9.17, 15) is 14.3 Å². The third kappa shape index (κ3) is 5.42. The summed E-state index contributed by atoms with van der Waals surface area (Å²) in [5, 5.41) is 14.0. The van der Waals surface area contributed by atoms with E-state index in [1.807, 2.05) is 19.9 Å². The number of hydrogen-bond acceptors (Lipinski definition) is 6. The quantitative estimate of drug-likeness (QED) is 0.367. The lowest BCUT2D eigenvalue weighted by atomic mass is 9.65. The Kier molecular flexibility index (Phi) is 7.98. The number of anilines is 2. The van der Waals surface area contributed by atoms with Crippen LogP contribution in [0.1, 0.15) is 56.8 Å². The van der Waals surface area contributed by atoms with Crippen molar-refractivity contribution in [2.24, 2.45) is 17.3 Å². The van der Waals surface area contributed by atoms with Gasteiger partial charge in [-0.3, -0.25) is 4.79 Å². The number of nitrogens with one attached hydrogen (secondary N) is 1. The first-order valence-electron chi connectivity index (χ1n) is 13.1. The molecule has 38 heavy (non-hydrogen) atoms. The zero-order chi connectivity index (χ0) is 27.2. The summed E-state index contributed by atoms with van der Waals surface area (Å²) in [6.07, 6.45) is 3.75. The van der Waals surface area contributed by atoms with Crippen molar-refractivity contribution in [3.63, 3.8) is 0 Å². The number of halogens is 4. The van der Waals surface area contributed by atoms with E-state index in [2.05, 4.69) is 25.1 Å². The van der Waals surface area contributed by atoms with Crippen LogP contribution in [0, 0.1) is 17.3 Å². The summed E-state index contributed by atoms with van der Waals surface area (Å²) < 4.78 is 13.8. The summed E-state index contributed by atoms with van der Waals surface area (Å²) in [6.45, 7) is 6.65. The highest BCUT2D eigenvalue weighted by molar-refractivity contribution is 6.35. The molecule has 2 aromatic rings. The molecule has 11 heteroatoms. The summed E-state index contributed by atoms with van der Waals surface area (Å²) >= 11 is 18.9. The largest absolute Gasteiger partial charge is 0.481 e. The zero-order valence-electron chi connectivity index (χ0n) is 21.6. The molecule has 1 aromatic heterocycles. The van der Waals surface area contributed by atoms with Crippen LogP contribution in [0.4, 0.5) is 16.2 Å². The molecule has 0 bridgehead atoms. The number of carboxylic acid groups (broad SMARTS) is 1. The van der Waals surface area contributed by atoms with Gasteiger partial charge in [-0.25, -0.2) is 9.37 Å². The van der Waals surface area contributed by atoms with Gasteiger partial charge in [0.2, 0.25) is 5.95 Å². The van der Waals surface area contributed by atoms with Gasteiger partial charge in [-0.05, 0) is 75.6 Å². The third-order valence-electron chi connectivity index (χ3n) is 8.57. The first-order valence-corrected chi connectivity index (χ1v) is 14.3. The van der Waals surface area contributed by atoms with E-state index >= 15 is 0 Å². The van der Waals surface area contributed by atoms with Crippen molar-refractivity contribution in [1.29, 1.82) is 0 Å². The summed E-state index contributed by atoms with van der Waals surface area (Å²) in [5.41, 5.74) is 0.412. The van der Waals surface area contributed by atoms with Gasteiger partial charge in [0.15, 0.2) is 5.82 Å². The van der Waals surface area contributed by atoms with Crippen LogP contribution in [-0.2, 0) is 11.5 Å². The minimum absolute atomic E-state index is 0.160. The number of aromatic nitrogens is 2. The summed E-state index contributed by atoms with van der Waals surface area (Å²) in [4.78, 5) is 25.1. The maximum atomic E-state index is 13.8. The van der Waals surface area contributed by atoms with Gasteiger partial charge in [0, 0.05) is 35.7 Å². The Bertz CT molecular complexity index is 1210. The van der Waals surface area contributed by atoms with Crippen molar-refractivity contribution in [3.8, 4) is 0 Å². The SMILES string of the molecule is CC(Nc1nc(N2CC([C@H]3CCCN(C4CC(C)(C(=O)O)C4)C3)C2)nc(CF)c1Cl)c1ccc(Cl)cc1Cl. The molecule has 3 heterocycles. The van der Waals surface area contributed by atoms with Crippen molar-refractivity contribution in [2.75, 3.05) is 36.4 Å².